The molecule has 0 bridgehead atoms. The Morgan fingerprint density at radius 2 is 2.21 bits per heavy atom. The van der Waals surface area contributed by atoms with Crippen molar-refractivity contribution < 1.29 is 14.3 Å². The van der Waals surface area contributed by atoms with Crippen LogP contribution in [0.3, 0.4) is 0 Å². The van der Waals surface area contributed by atoms with Gasteiger partial charge in [-0.2, -0.15) is 0 Å². The molecule has 0 saturated carbocycles. The second-order valence-electron chi connectivity index (χ2n) is 3.71. The Bertz CT molecular complexity index is 621. The molecule has 2 aromatic rings. The van der Waals surface area contributed by atoms with E-state index in [1.807, 2.05) is 0 Å². The van der Waals surface area contributed by atoms with Gasteiger partial charge < -0.3 is 5.11 Å². The van der Waals surface area contributed by atoms with Crippen molar-refractivity contribution in [2.24, 2.45) is 0 Å². The Morgan fingerprint density at radius 1 is 1.42 bits per heavy atom. The number of aromatic nitrogens is 1. The van der Waals surface area contributed by atoms with Crippen LogP contribution in [0.15, 0.2) is 41.6 Å². The molecule has 98 valence electrons. The van der Waals surface area contributed by atoms with Gasteiger partial charge in [0.2, 0.25) is 0 Å². The van der Waals surface area contributed by atoms with Crippen LogP contribution in [0.2, 0.25) is 5.02 Å². The highest BCUT2D eigenvalue weighted by Gasteiger charge is 2.10. The average Bonchev–Trinajstić information content (AvgIpc) is 2.39. The zero-order valence-electron chi connectivity index (χ0n) is 9.64. The summed E-state index contributed by atoms with van der Waals surface area (Å²) in [4.78, 5) is 15.0. The molecular formula is C13H9ClFNO2S. The Kier molecular flexibility index (Phi) is 4.39. The van der Waals surface area contributed by atoms with Gasteiger partial charge in [-0.05, 0) is 29.8 Å². The molecular weight excluding hydrogens is 289 g/mol. The van der Waals surface area contributed by atoms with Crippen molar-refractivity contribution in [3.63, 3.8) is 0 Å². The number of hydrogen-bond acceptors (Lipinski definition) is 3. The monoisotopic (exact) mass is 297 g/mol. The van der Waals surface area contributed by atoms with Crippen LogP contribution in [-0.4, -0.2) is 16.1 Å². The van der Waals surface area contributed by atoms with Gasteiger partial charge in [-0.15, -0.1) is 11.8 Å². The maximum atomic E-state index is 13.6. The van der Waals surface area contributed by atoms with Crippen LogP contribution in [-0.2, 0) is 5.75 Å². The zero-order chi connectivity index (χ0) is 13.8. The van der Waals surface area contributed by atoms with Crippen molar-refractivity contribution in [1.82, 2.24) is 4.98 Å². The van der Waals surface area contributed by atoms with Crippen LogP contribution in [0, 0.1) is 5.82 Å². The van der Waals surface area contributed by atoms with E-state index in [1.54, 1.807) is 12.3 Å². The van der Waals surface area contributed by atoms with Crippen molar-refractivity contribution in [3.05, 3.63) is 58.6 Å². The lowest BCUT2D eigenvalue weighted by Gasteiger charge is -2.06. The van der Waals surface area contributed by atoms with Crippen molar-refractivity contribution >= 4 is 29.3 Å². The summed E-state index contributed by atoms with van der Waals surface area (Å²) in [7, 11) is 0. The lowest BCUT2D eigenvalue weighted by Crippen LogP contribution is -1.97. The number of hydrogen-bond donors (Lipinski definition) is 1. The first-order valence-electron chi connectivity index (χ1n) is 5.32. The Hall–Kier alpha value is -1.59. The van der Waals surface area contributed by atoms with Crippen LogP contribution in [0.4, 0.5) is 4.39 Å². The molecule has 1 N–H and O–H groups in total. The number of thioether (sulfide) groups is 1. The van der Waals surface area contributed by atoms with Crippen molar-refractivity contribution in [3.8, 4) is 0 Å². The molecule has 0 atom stereocenters. The molecule has 19 heavy (non-hydrogen) atoms. The molecule has 0 unspecified atom stereocenters. The predicted molar refractivity (Wildman–Crippen MR) is 72.2 cm³/mol. The fraction of sp³-hybridized carbons (Fsp3) is 0.0769. The number of aromatic carboxylic acids is 1. The van der Waals surface area contributed by atoms with Crippen molar-refractivity contribution in [1.29, 1.82) is 0 Å². The van der Waals surface area contributed by atoms with Gasteiger partial charge >= 0.3 is 5.97 Å². The second kappa shape index (κ2) is 6.04. The highest BCUT2D eigenvalue weighted by molar-refractivity contribution is 7.98. The highest BCUT2D eigenvalue weighted by atomic mass is 35.5. The summed E-state index contributed by atoms with van der Waals surface area (Å²) in [5.74, 6) is -1.08. The molecule has 2 rings (SSSR count). The third-order valence-electron chi connectivity index (χ3n) is 2.42. The number of rotatable bonds is 4. The summed E-state index contributed by atoms with van der Waals surface area (Å²) >= 11 is 7.14. The summed E-state index contributed by atoms with van der Waals surface area (Å²) in [5, 5.41) is 9.37. The van der Waals surface area contributed by atoms with E-state index >= 15 is 0 Å². The van der Waals surface area contributed by atoms with E-state index in [2.05, 4.69) is 4.98 Å². The van der Waals surface area contributed by atoms with Crippen LogP contribution in [0.5, 0.6) is 0 Å². The van der Waals surface area contributed by atoms with Gasteiger partial charge in [0.15, 0.2) is 0 Å². The summed E-state index contributed by atoms with van der Waals surface area (Å²) in [5.41, 5.74) is 0.881. The number of pyridine rings is 1. The molecule has 0 aliphatic carbocycles. The minimum atomic E-state index is -1.08. The number of benzene rings is 1. The van der Waals surface area contributed by atoms with E-state index in [9.17, 15) is 9.18 Å². The Labute approximate surface area is 118 Å². The van der Waals surface area contributed by atoms with Gasteiger partial charge in [0.05, 0.1) is 10.6 Å². The van der Waals surface area contributed by atoms with Crippen molar-refractivity contribution in [2.75, 3.05) is 0 Å². The second-order valence-corrected chi connectivity index (χ2v) is 5.13. The first kappa shape index (κ1) is 13.8. The van der Waals surface area contributed by atoms with Gasteiger partial charge in [0, 0.05) is 23.0 Å². The number of carboxylic acids is 1. The summed E-state index contributed by atoms with van der Waals surface area (Å²) in [6.07, 6.45) is 3.12. The minimum absolute atomic E-state index is 0.0599. The molecule has 1 aromatic heterocycles. The fourth-order valence-corrected chi connectivity index (χ4v) is 2.67. The smallest absolute Gasteiger partial charge is 0.335 e. The van der Waals surface area contributed by atoms with E-state index in [1.165, 1.54) is 30.1 Å². The molecule has 0 radical (unpaired) electrons. The van der Waals surface area contributed by atoms with Gasteiger partial charge in [0.1, 0.15) is 5.82 Å². The van der Waals surface area contributed by atoms with Gasteiger partial charge in [-0.1, -0.05) is 11.6 Å². The van der Waals surface area contributed by atoms with Crippen LogP contribution in [0.1, 0.15) is 15.9 Å². The number of carbonyl (C=O) groups is 1. The van der Waals surface area contributed by atoms with Gasteiger partial charge in [-0.3, -0.25) is 4.98 Å². The van der Waals surface area contributed by atoms with Gasteiger partial charge in [-0.25, -0.2) is 9.18 Å². The molecule has 0 aliphatic heterocycles. The van der Waals surface area contributed by atoms with E-state index in [0.29, 0.717) is 10.8 Å². The third-order valence-corrected chi connectivity index (χ3v) is 3.84. The maximum Gasteiger partial charge on any atom is 0.335 e. The largest absolute Gasteiger partial charge is 0.478 e. The SMILES string of the molecule is O=C(O)c1ccc(F)c(SCc2ccncc2Cl)c1. The summed E-state index contributed by atoms with van der Waals surface area (Å²) < 4.78 is 13.6. The summed E-state index contributed by atoms with van der Waals surface area (Å²) in [6.45, 7) is 0. The molecule has 0 spiro atoms. The standard InChI is InChI=1S/C13H9ClFNO2S/c14-10-6-16-4-3-9(10)7-19-12-5-8(13(17)18)1-2-11(12)15/h1-6H,7H2,(H,17,18). The zero-order valence-corrected chi connectivity index (χ0v) is 11.2. The number of nitrogens with zero attached hydrogens (tertiary/aromatic N) is 1. The Balaban J connectivity index is 2.17. The van der Waals surface area contributed by atoms with Crippen molar-refractivity contribution in [2.45, 2.75) is 10.6 Å². The van der Waals surface area contributed by atoms with E-state index in [0.717, 1.165) is 11.6 Å². The first-order valence-corrected chi connectivity index (χ1v) is 6.68. The summed E-state index contributed by atoms with van der Waals surface area (Å²) in [6, 6.07) is 5.45. The number of carboxylic acid groups (broad SMARTS) is 1. The van der Waals surface area contributed by atoms with E-state index < -0.39 is 11.8 Å². The predicted octanol–water partition coefficient (Wildman–Crippen LogP) is 3.86. The van der Waals surface area contributed by atoms with E-state index in [-0.39, 0.29) is 10.5 Å². The molecule has 0 fully saturated rings. The van der Waals surface area contributed by atoms with Crippen LogP contribution >= 0.6 is 23.4 Å². The highest BCUT2D eigenvalue weighted by Crippen LogP contribution is 2.28. The molecule has 0 amide bonds. The molecule has 6 heteroatoms. The first-order chi connectivity index (χ1) is 9.08. The fourth-order valence-electron chi connectivity index (χ4n) is 1.42. The lowest BCUT2D eigenvalue weighted by molar-refractivity contribution is 0.0696. The Morgan fingerprint density at radius 3 is 2.89 bits per heavy atom. The normalized spacial score (nSPS) is 10.4. The quantitative estimate of drug-likeness (QED) is 0.871. The third kappa shape index (κ3) is 3.45. The van der Waals surface area contributed by atoms with Crippen LogP contribution < -0.4 is 0 Å². The molecule has 0 saturated heterocycles. The maximum absolute atomic E-state index is 13.6. The molecule has 0 aliphatic rings. The van der Waals surface area contributed by atoms with Crippen LogP contribution in [0.25, 0.3) is 0 Å². The topological polar surface area (TPSA) is 50.2 Å². The van der Waals surface area contributed by atoms with Gasteiger partial charge in [0.25, 0.3) is 0 Å². The van der Waals surface area contributed by atoms with E-state index in [4.69, 9.17) is 16.7 Å². The minimum Gasteiger partial charge on any atom is -0.478 e. The lowest BCUT2D eigenvalue weighted by atomic mass is 10.2. The number of halogens is 2. The molecule has 1 aromatic carbocycles. The molecule has 3 nitrogen and oxygen atoms in total. The average molecular weight is 298 g/mol. The molecule has 1 heterocycles.